The number of likely N-dealkylation sites (tertiary alicyclic amines) is 1. The fourth-order valence-corrected chi connectivity index (χ4v) is 6.02. The van der Waals surface area contributed by atoms with Crippen molar-refractivity contribution in [2.45, 2.75) is 49.0 Å². The number of amides is 2. The van der Waals surface area contributed by atoms with Gasteiger partial charge in [-0.05, 0) is 49.6 Å². The first-order valence-corrected chi connectivity index (χ1v) is 13.0. The molecule has 2 heterocycles. The molecule has 2 saturated heterocycles. The van der Waals surface area contributed by atoms with Crippen LogP contribution in [0, 0.1) is 5.82 Å². The first-order chi connectivity index (χ1) is 17.4. The Morgan fingerprint density at radius 2 is 1.84 bits per heavy atom. The topological polar surface area (TPSA) is 107 Å². The van der Waals surface area contributed by atoms with Gasteiger partial charge in [0, 0.05) is 37.3 Å². The van der Waals surface area contributed by atoms with Crippen molar-refractivity contribution >= 4 is 21.8 Å². The smallest absolute Gasteiger partial charge is 0.392 e. The van der Waals surface area contributed by atoms with E-state index in [1.54, 1.807) is 0 Å². The molecule has 37 heavy (non-hydrogen) atoms. The molecule has 0 aromatic heterocycles. The number of nitrogens with one attached hydrogen (secondary N) is 1. The number of benzene rings is 2. The number of hydrogen-bond donors (Lipinski definition) is 2. The van der Waals surface area contributed by atoms with Gasteiger partial charge in [-0.2, -0.15) is 17.5 Å². The second-order valence-corrected chi connectivity index (χ2v) is 10.9. The molecule has 0 spiro atoms. The molecule has 1 unspecified atom stereocenters. The minimum Gasteiger partial charge on any atom is -0.392 e. The van der Waals surface area contributed by atoms with Crippen molar-refractivity contribution < 1.29 is 40.7 Å². The third-order valence-corrected chi connectivity index (χ3v) is 8.36. The van der Waals surface area contributed by atoms with Gasteiger partial charge in [0.2, 0.25) is 15.9 Å². The molecule has 4 rings (SSSR count). The Morgan fingerprint density at radius 1 is 1.08 bits per heavy atom. The quantitative estimate of drug-likeness (QED) is 0.545. The number of sulfonamides is 1. The average molecular weight is 544 g/mol. The standard InChI is InChI=1S/C24H25F4N3O5S/c25-20-12-17(24(26,27)28)7-6-16(20)13-29-22(33)21-5-2-9-31(21)23(34)15-3-1-4-19(11-15)37(35,36)30-10-8-18(32)14-30/h1,3-4,6-7,11-12,18,21,32H,2,5,8-10,13-14H2,(H,29,33)/t18?,21-/m1/s1. The van der Waals surface area contributed by atoms with Crippen LogP contribution in [-0.2, 0) is 27.5 Å². The van der Waals surface area contributed by atoms with Gasteiger partial charge < -0.3 is 15.3 Å². The summed E-state index contributed by atoms with van der Waals surface area (Å²) in [5.41, 5.74) is -1.21. The third-order valence-electron chi connectivity index (χ3n) is 6.49. The van der Waals surface area contributed by atoms with Crippen LogP contribution < -0.4 is 5.32 Å². The largest absolute Gasteiger partial charge is 0.416 e. The minimum absolute atomic E-state index is 0.0333. The lowest BCUT2D eigenvalue weighted by atomic mass is 10.1. The van der Waals surface area contributed by atoms with Crippen LogP contribution in [0.5, 0.6) is 0 Å². The lowest BCUT2D eigenvalue weighted by Gasteiger charge is -2.24. The molecule has 2 aliphatic rings. The maximum absolute atomic E-state index is 14.1. The first-order valence-electron chi connectivity index (χ1n) is 11.6. The fraction of sp³-hybridized carbons (Fsp3) is 0.417. The molecular formula is C24H25F4N3O5S. The number of halogens is 4. The highest BCUT2D eigenvalue weighted by atomic mass is 32.2. The van der Waals surface area contributed by atoms with E-state index in [9.17, 15) is 40.7 Å². The number of alkyl halides is 3. The fourth-order valence-electron chi connectivity index (χ4n) is 4.48. The predicted octanol–water partition coefficient (Wildman–Crippen LogP) is 2.52. The second-order valence-electron chi connectivity index (χ2n) is 9.01. The summed E-state index contributed by atoms with van der Waals surface area (Å²) in [6.07, 6.45) is -4.31. The van der Waals surface area contributed by atoms with E-state index in [0.29, 0.717) is 25.3 Å². The molecule has 2 aromatic carbocycles. The molecule has 13 heteroatoms. The van der Waals surface area contributed by atoms with Gasteiger partial charge in [-0.25, -0.2) is 12.8 Å². The van der Waals surface area contributed by atoms with Crippen LogP contribution in [0.25, 0.3) is 0 Å². The van der Waals surface area contributed by atoms with E-state index >= 15 is 0 Å². The highest BCUT2D eigenvalue weighted by Crippen LogP contribution is 2.30. The summed E-state index contributed by atoms with van der Waals surface area (Å²) in [7, 11) is -3.92. The van der Waals surface area contributed by atoms with E-state index in [-0.39, 0.29) is 42.2 Å². The Balaban J connectivity index is 1.45. The van der Waals surface area contributed by atoms with Crippen molar-refractivity contribution in [3.05, 3.63) is 65.0 Å². The number of carbonyl (C=O) groups excluding carboxylic acids is 2. The van der Waals surface area contributed by atoms with Gasteiger partial charge in [0.1, 0.15) is 11.9 Å². The van der Waals surface area contributed by atoms with Crippen molar-refractivity contribution in [2.24, 2.45) is 0 Å². The molecular weight excluding hydrogens is 518 g/mol. The summed E-state index contributed by atoms with van der Waals surface area (Å²) in [5.74, 6) is -2.27. The maximum Gasteiger partial charge on any atom is 0.416 e. The first kappa shape index (κ1) is 27.0. The molecule has 8 nitrogen and oxygen atoms in total. The lowest BCUT2D eigenvalue weighted by Crippen LogP contribution is -2.45. The van der Waals surface area contributed by atoms with Gasteiger partial charge in [0.25, 0.3) is 5.91 Å². The lowest BCUT2D eigenvalue weighted by molar-refractivity contribution is -0.137. The summed E-state index contributed by atoms with van der Waals surface area (Å²) < 4.78 is 79.3. The van der Waals surface area contributed by atoms with E-state index in [1.807, 2.05) is 0 Å². The maximum atomic E-state index is 14.1. The molecule has 0 aliphatic carbocycles. The van der Waals surface area contributed by atoms with Gasteiger partial charge in [-0.15, -0.1) is 0 Å². The number of β-amino-alcohol motifs (C(OH)–C–C–N with tert-alkyl or cyclic N) is 1. The molecule has 200 valence electrons. The van der Waals surface area contributed by atoms with E-state index in [1.165, 1.54) is 29.2 Å². The van der Waals surface area contributed by atoms with Crippen LogP contribution in [0.15, 0.2) is 47.4 Å². The van der Waals surface area contributed by atoms with Crippen molar-refractivity contribution in [3.63, 3.8) is 0 Å². The Bertz CT molecular complexity index is 1300. The normalized spacial score (nSPS) is 20.8. The highest BCUT2D eigenvalue weighted by Gasteiger charge is 2.36. The predicted molar refractivity (Wildman–Crippen MR) is 123 cm³/mol. The Kier molecular flexibility index (Phi) is 7.58. The number of aliphatic hydroxyl groups excluding tert-OH is 1. The zero-order valence-electron chi connectivity index (χ0n) is 19.5. The molecule has 2 N–H and O–H groups in total. The monoisotopic (exact) mass is 543 g/mol. The van der Waals surface area contributed by atoms with Crippen LogP contribution in [-0.4, -0.2) is 66.3 Å². The Hall–Kier alpha value is -3.03. The van der Waals surface area contributed by atoms with Crippen molar-refractivity contribution in [1.29, 1.82) is 0 Å². The van der Waals surface area contributed by atoms with Crippen LogP contribution >= 0.6 is 0 Å². The summed E-state index contributed by atoms with van der Waals surface area (Å²) in [6, 6.07) is 6.56. The summed E-state index contributed by atoms with van der Waals surface area (Å²) in [5, 5.41) is 12.2. The highest BCUT2D eigenvalue weighted by molar-refractivity contribution is 7.89. The second kappa shape index (κ2) is 10.4. The summed E-state index contributed by atoms with van der Waals surface area (Å²) >= 11 is 0. The molecule has 2 aliphatic heterocycles. The summed E-state index contributed by atoms with van der Waals surface area (Å²) in [4.78, 5) is 27.2. The Labute approximate surface area is 210 Å². The molecule has 2 amide bonds. The number of nitrogens with zero attached hydrogens (tertiary/aromatic N) is 2. The molecule has 0 radical (unpaired) electrons. The molecule has 0 saturated carbocycles. The van der Waals surface area contributed by atoms with Crippen molar-refractivity contribution in [3.8, 4) is 0 Å². The van der Waals surface area contributed by atoms with E-state index in [2.05, 4.69) is 5.32 Å². The average Bonchev–Trinajstić information content (AvgIpc) is 3.52. The van der Waals surface area contributed by atoms with Gasteiger partial charge in [0.05, 0.1) is 16.6 Å². The van der Waals surface area contributed by atoms with Crippen LogP contribution in [0.3, 0.4) is 0 Å². The molecule has 0 bridgehead atoms. The summed E-state index contributed by atoms with van der Waals surface area (Å²) in [6.45, 7) is 0.00157. The SMILES string of the molecule is O=C(NCc1ccc(C(F)(F)F)cc1F)[C@H]1CCCN1C(=O)c1cccc(S(=O)(=O)N2CCC(O)C2)c1. The Morgan fingerprint density at radius 3 is 2.49 bits per heavy atom. The van der Waals surface area contributed by atoms with Crippen LogP contribution in [0.1, 0.15) is 40.7 Å². The minimum atomic E-state index is -4.69. The zero-order chi connectivity index (χ0) is 27.0. The van der Waals surface area contributed by atoms with Gasteiger partial charge in [-0.3, -0.25) is 9.59 Å². The number of rotatable bonds is 6. The molecule has 2 fully saturated rings. The van der Waals surface area contributed by atoms with Crippen molar-refractivity contribution in [1.82, 2.24) is 14.5 Å². The number of aliphatic hydroxyl groups is 1. The van der Waals surface area contributed by atoms with Gasteiger partial charge in [0.15, 0.2) is 0 Å². The molecule has 2 aromatic rings. The van der Waals surface area contributed by atoms with Gasteiger partial charge >= 0.3 is 6.18 Å². The van der Waals surface area contributed by atoms with Crippen LogP contribution in [0.2, 0.25) is 0 Å². The van der Waals surface area contributed by atoms with Crippen LogP contribution in [0.4, 0.5) is 17.6 Å². The van der Waals surface area contributed by atoms with Gasteiger partial charge in [-0.1, -0.05) is 12.1 Å². The molecule has 2 atom stereocenters. The van der Waals surface area contributed by atoms with Crippen molar-refractivity contribution in [2.75, 3.05) is 19.6 Å². The third kappa shape index (κ3) is 5.78. The zero-order valence-corrected chi connectivity index (χ0v) is 20.4. The van der Waals surface area contributed by atoms with E-state index < -0.39 is 51.5 Å². The van der Waals surface area contributed by atoms with E-state index in [4.69, 9.17) is 0 Å². The van der Waals surface area contributed by atoms with E-state index in [0.717, 1.165) is 16.4 Å². The number of carbonyl (C=O) groups is 2. The number of hydrogen-bond acceptors (Lipinski definition) is 5.